The van der Waals surface area contributed by atoms with Crippen molar-refractivity contribution in [2.75, 3.05) is 13.2 Å². The topological polar surface area (TPSA) is 18.5 Å². The number of benzene rings is 1. The molecule has 1 rings (SSSR count). The van der Waals surface area contributed by atoms with E-state index in [9.17, 15) is 30.7 Å². The van der Waals surface area contributed by atoms with Crippen LogP contribution in [0.1, 0.15) is 6.42 Å². The molecule has 1 aromatic carbocycles. The van der Waals surface area contributed by atoms with Crippen LogP contribution in [0.25, 0.3) is 0 Å². The van der Waals surface area contributed by atoms with Crippen molar-refractivity contribution >= 4 is 0 Å². The summed E-state index contributed by atoms with van der Waals surface area (Å²) >= 11 is 0. The molecule has 0 heterocycles. The van der Waals surface area contributed by atoms with Crippen LogP contribution in [0.5, 0.6) is 5.75 Å². The maximum atomic E-state index is 12.9. The Morgan fingerprint density at radius 1 is 0.810 bits per heavy atom. The van der Waals surface area contributed by atoms with Crippen LogP contribution in [0.3, 0.4) is 0 Å². The van der Waals surface area contributed by atoms with Crippen LogP contribution in [-0.2, 0) is 4.74 Å². The zero-order valence-electron chi connectivity index (χ0n) is 10.5. The monoisotopic (exact) mass is 320 g/mol. The first kappa shape index (κ1) is 17.5. The van der Waals surface area contributed by atoms with E-state index in [1.165, 1.54) is 12.1 Å². The van der Waals surface area contributed by atoms with Gasteiger partial charge in [-0.05, 0) is 12.1 Å². The highest BCUT2D eigenvalue weighted by atomic mass is 19.4. The lowest BCUT2D eigenvalue weighted by atomic mass is 10.2. The quantitative estimate of drug-likeness (QED) is 0.552. The summed E-state index contributed by atoms with van der Waals surface area (Å²) in [5.74, 6) is -5.07. The van der Waals surface area contributed by atoms with E-state index in [0.29, 0.717) is 0 Å². The second-order valence-electron chi connectivity index (χ2n) is 4.02. The SMILES string of the molecule is FC(F)(F)CC(F)(F)C(F)(F)OCCOc1ccccc1. The molecular weight excluding hydrogens is 309 g/mol. The van der Waals surface area contributed by atoms with E-state index in [-0.39, 0.29) is 5.75 Å². The number of ether oxygens (including phenoxy) is 2. The van der Waals surface area contributed by atoms with Gasteiger partial charge in [-0.2, -0.15) is 30.7 Å². The van der Waals surface area contributed by atoms with E-state index in [1.54, 1.807) is 18.2 Å². The Hall–Kier alpha value is -1.51. The van der Waals surface area contributed by atoms with Crippen LogP contribution in [0.2, 0.25) is 0 Å². The number of hydrogen-bond acceptors (Lipinski definition) is 2. The van der Waals surface area contributed by atoms with Gasteiger partial charge in [0.1, 0.15) is 18.8 Å². The minimum absolute atomic E-state index is 0.284. The van der Waals surface area contributed by atoms with Crippen molar-refractivity contribution < 1.29 is 40.2 Å². The molecule has 0 saturated carbocycles. The predicted octanol–water partition coefficient (Wildman–Crippen LogP) is 4.26. The molecule has 0 aliphatic rings. The van der Waals surface area contributed by atoms with Crippen LogP contribution in [0, 0.1) is 0 Å². The first-order valence-electron chi connectivity index (χ1n) is 5.68. The molecule has 0 spiro atoms. The molecule has 0 fully saturated rings. The normalized spacial score (nSPS) is 13.3. The minimum atomic E-state index is -5.43. The zero-order chi connectivity index (χ0) is 16.1. The highest BCUT2D eigenvalue weighted by Gasteiger charge is 2.62. The number of rotatable bonds is 7. The molecule has 0 atom stereocenters. The number of halogens is 7. The average Bonchev–Trinajstić information content (AvgIpc) is 2.33. The van der Waals surface area contributed by atoms with Gasteiger partial charge in [0, 0.05) is 0 Å². The molecule has 0 unspecified atom stereocenters. The van der Waals surface area contributed by atoms with Crippen LogP contribution in [0.4, 0.5) is 30.7 Å². The van der Waals surface area contributed by atoms with Crippen molar-refractivity contribution in [3.05, 3.63) is 30.3 Å². The van der Waals surface area contributed by atoms with Gasteiger partial charge in [-0.3, -0.25) is 0 Å². The summed E-state index contributed by atoms with van der Waals surface area (Å²) in [6.45, 7) is -1.50. The number of hydrogen-bond donors (Lipinski definition) is 0. The molecule has 0 aliphatic carbocycles. The summed E-state index contributed by atoms with van der Waals surface area (Å²) in [4.78, 5) is 0. The van der Waals surface area contributed by atoms with Gasteiger partial charge < -0.3 is 9.47 Å². The van der Waals surface area contributed by atoms with Crippen LogP contribution < -0.4 is 4.74 Å². The van der Waals surface area contributed by atoms with Crippen LogP contribution in [0.15, 0.2) is 30.3 Å². The second-order valence-corrected chi connectivity index (χ2v) is 4.02. The lowest BCUT2D eigenvalue weighted by molar-refractivity contribution is -0.366. The van der Waals surface area contributed by atoms with E-state index in [1.807, 2.05) is 0 Å². The van der Waals surface area contributed by atoms with E-state index in [0.717, 1.165) is 0 Å². The smallest absolute Gasteiger partial charge is 0.419 e. The van der Waals surface area contributed by atoms with Gasteiger partial charge in [-0.25, -0.2) is 0 Å². The van der Waals surface area contributed by atoms with Gasteiger partial charge in [0.15, 0.2) is 0 Å². The van der Waals surface area contributed by atoms with Crippen molar-refractivity contribution in [3.8, 4) is 5.75 Å². The fourth-order valence-corrected chi connectivity index (χ4v) is 1.31. The summed E-state index contributed by atoms with van der Waals surface area (Å²) in [6, 6.07) is 7.80. The Kier molecular flexibility index (Phi) is 5.43. The highest BCUT2D eigenvalue weighted by Crippen LogP contribution is 2.42. The Bertz CT molecular complexity index is 431. The van der Waals surface area contributed by atoms with Crippen molar-refractivity contribution in [2.24, 2.45) is 0 Å². The van der Waals surface area contributed by atoms with Gasteiger partial charge in [0.25, 0.3) is 0 Å². The van der Waals surface area contributed by atoms with Gasteiger partial charge in [-0.15, -0.1) is 0 Å². The third-order valence-corrected chi connectivity index (χ3v) is 2.23. The van der Waals surface area contributed by atoms with E-state index in [2.05, 4.69) is 4.74 Å². The van der Waals surface area contributed by atoms with Gasteiger partial charge >= 0.3 is 18.2 Å². The molecule has 2 nitrogen and oxygen atoms in total. The Balaban J connectivity index is 2.45. The fourth-order valence-electron chi connectivity index (χ4n) is 1.31. The molecule has 0 N–H and O–H groups in total. The molecule has 0 amide bonds. The van der Waals surface area contributed by atoms with Crippen LogP contribution in [-0.4, -0.2) is 31.4 Å². The maximum absolute atomic E-state index is 12.9. The molecule has 9 heteroatoms. The average molecular weight is 320 g/mol. The lowest BCUT2D eigenvalue weighted by Gasteiger charge is -2.26. The number of alkyl halides is 7. The Morgan fingerprint density at radius 3 is 1.90 bits per heavy atom. The van der Waals surface area contributed by atoms with Gasteiger partial charge in [0.2, 0.25) is 0 Å². The number of para-hydroxylation sites is 1. The largest absolute Gasteiger partial charge is 0.491 e. The molecule has 0 saturated heterocycles. The second kappa shape index (κ2) is 6.50. The molecule has 0 radical (unpaired) electrons. The zero-order valence-corrected chi connectivity index (χ0v) is 10.5. The van der Waals surface area contributed by atoms with Gasteiger partial charge in [-0.1, -0.05) is 18.2 Å². The standard InChI is InChI=1S/C12H11F7O2/c13-10(14,8-11(15,16)17)12(18,19)21-7-6-20-9-4-2-1-3-5-9/h1-5H,6-8H2. The lowest BCUT2D eigenvalue weighted by Crippen LogP contribution is -2.46. The predicted molar refractivity (Wildman–Crippen MR) is 58.5 cm³/mol. The summed E-state index contributed by atoms with van der Waals surface area (Å²) in [7, 11) is 0. The Labute approximate surface area is 115 Å². The first-order chi connectivity index (χ1) is 9.54. The molecule has 1 aromatic rings. The Morgan fingerprint density at radius 2 is 1.38 bits per heavy atom. The molecule has 0 aliphatic heterocycles. The minimum Gasteiger partial charge on any atom is -0.491 e. The van der Waals surface area contributed by atoms with E-state index in [4.69, 9.17) is 4.74 Å². The third-order valence-electron chi connectivity index (χ3n) is 2.23. The maximum Gasteiger partial charge on any atom is 0.419 e. The third kappa shape index (κ3) is 5.78. The van der Waals surface area contributed by atoms with E-state index >= 15 is 0 Å². The van der Waals surface area contributed by atoms with Crippen molar-refractivity contribution in [1.82, 2.24) is 0 Å². The van der Waals surface area contributed by atoms with Crippen LogP contribution >= 0.6 is 0 Å². The van der Waals surface area contributed by atoms with E-state index < -0.39 is 37.8 Å². The molecule has 0 aromatic heterocycles. The first-order valence-corrected chi connectivity index (χ1v) is 5.68. The van der Waals surface area contributed by atoms with Crippen molar-refractivity contribution in [1.29, 1.82) is 0 Å². The highest BCUT2D eigenvalue weighted by molar-refractivity contribution is 5.20. The summed E-state index contributed by atoms with van der Waals surface area (Å²) in [6.07, 6.45) is -13.6. The fraction of sp³-hybridized carbons (Fsp3) is 0.500. The molecular formula is C12H11F7O2. The summed E-state index contributed by atoms with van der Waals surface area (Å²) in [5.41, 5.74) is 0. The van der Waals surface area contributed by atoms with Crippen molar-refractivity contribution in [2.45, 2.75) is 24.6 Å². The van der Waals surface area contributed by atoms with Gasteiger partial charge in [0.05, 0.1) is 6.61 Å². The molecule has 21 heavy (non-hydrogen) atoms. The van der Waals surface area contributed by atoms with Crippen molar-refractivity contribution in [3.63, 3.8) is 0 Å². The summed E-state index contributed by atoms with van der Waals surface area (Å²) < 4.78 is 95.3. The summed E-state index contributed by atoms with van der Waals surface area (Å²) in [5, 5.41) is 0. The molecule has 120 valence electrons. The molecule has 0 bridgehead atoms.